The summed E-state index contributed by atoms with van der Waals surface area (Å²) in [7, 11) is 0. The molecule has 4 aliphatic rings. The number of rotatable bonds is 0. The van der Waals surface area contributed by atoms with Crippen molar-refractivity contribution >= 4 is 0 Å². The highest BCUT2D eigenvalue weighted by Gasteiger charge is 2.58. The molecule has 0 amide bonds. The average Bonchev–Trinajstić information content (AvgIpc) is 3.20. The molecule has 4 aliphatic heterocycles. The molecule has 2 fully saturated rings. The number of aliphatic hydroxyl groups is 4. The van der Waals surface area contributed by atoms with E-state index in [-0.39, 0.29) is 0 Å². The van der Waals surface area contributed by atoms with E-state index >= 15 is 0 Å². The number of hydrogen-bond acceptors (Lipinski definition) is 6. The lowest BCUT2D eigenvalue weighted by Gasteiger charge is -2.31. The third kappa shape index (κ3) is 1.22. The van der Waals surface area contributed by atoms with E-state index in [0.29, 0.717) is 0 Å². The number of ether oxygens (including phenoxy) is 2. The zero-order valence-electron chi connectivity index (χ0n) is 12.2. The van der Waals surface area contributed by atoms with Gasteiger partial charge in [0.15, 0.2) is 0 Å². The minimum absolute atomic E-state index is 0.528. The molecule has 4 bridgehead atoms. The topological polar surface area (TPSA) is 99.4 Å². The second kappa shape index (κ2) is 3.90. The summed E-state index contributed by atoms with van der Waals surface area (Å²) in [5, 5.41) is 40.5. The second-order valence-electron chi connectivity index (χ2n) is 6.82. The second-order valence-corrected chi connectivity index (χ2v) is 6.82. The minimum atomic E-state index is -0.927. The van der Waals surface area contributed by atoms with E-state index in [1.165, 1.54) is 0 Å². The molecule has 0 aliphatic carbocycles. The third-order valence-corrected chi connectivity index (χ3v) is 5.86. The summed E-state index contributed by atoms with van der Waals surface area (Å²) in [5.74, 6) is 0. The van der Waals surface area contributed by atoms with Crippen LogP contribution >= 0.6 is 0 Å². The van der Waals surface area contributed by atoms with E-state index in [9.17, 15) is 20.4 Å². The Morgan fingerprint density at radius 1 is 0.545 bits per heavy atom. The third-order valence-electron chi connectivity index (χ3n) is 5.86. The van der Waals surface area contributed by atoms with Crippen LogP contribution in [0, 0.1) is 13.8 Å². The van der Waals surface area contributed by atoms with Crippen LogP contribution in [0.2, 0.25) is 0 Å². The van der Waals surface area contributed by atoms with Gasteiger partial charge in [0.2, 0.25) is 0 Å². The molecule has 22 heavy (non-hydrogen) atoms. The van der Waals surface area contributed by atoms with E-state index in [2.05, 4.69) is 0 Å². The van der Waals surface area contributed by atoms with Crippen LogP contribution in [0.4, 0.5) is 0 Å². The van der Waals surface area contributed by atoms with Crippen LogP contribution in [-0.4, -0.2) is 44.8 Å². The van der Waals surface area contributed by atoms with Crippen molar-refractivity contribution in [1.29, 1.82) is 0 Å². The maximum Gasteiger partial charge on any atom is 0.113 e. The minimum Gasteiger partial charge on any atom is -0.387 e. The Kier molecular flexibility index (Phi) is 2.38. The van der Waals surface area contributed by atoms with Gasteiger partial charge < -0.3 is 29.9 Å². The zero-order chi connectivity index (χ0) is 15.5. The molecule has 1 aromatic carbocycles. The van der Waals surface area contributed by atoms with Gasteiger partial charge in [-0.1, -0.05) is 0 Å². The Labute approximate surface area is 126 Å². The molecule has 1 aromatic rings. The SMILES string of the molecule is Cc1c2c(c(C)c3c1[C@H]1O[C@@H]3[C@H](O)[C@@H]1O)C1OC2C(O)C1O. The molecule has 2 saturated heterocycles. The quantitative estimate of drug-likeness (QED) is 0.538. The number of hydrogen-bond donors (Lipinski definition) is 4. The predicted molar refractivity (Wildman–Crippen MR) is 73.1 cm³/mol. The molecule has 4 heterocycles. The number of aliphatic hydroxyl groups excluding tert-OH is 4. The fourth-order valence-corrected chi connectivity index (χ4v) is 4.87. The Bertz CT molecular complexity index is 588. The van der Waals surface area contributed by atoms with Crippen molar-refractivity contribution in [3.8, 4) is 0 Å². The smallest absolute Gasteiger partial charge is 0.113 e. The van der Waals surface area contributed by atoms with Crippen LogP contribution in [0.15, 0.2) is 0 Å². The van der Waals surface area contributed by atoms with E-state index in [4.69, 9.17) is 9.47 Å². The molecule has 118 valence electrons. The van der Waals surface area contributed by atoms with Crippen LogP contribution in [0.5, 0.6) is 0 Å². The summed E-state index contributed by atoms with van der Waals surface area (Å²) in [6, 6.07) is 0. The fourth-order valence-electron chi connectivity index (χ4n) is 4.87. The van der Waals surface area contributed by atoms with Crippen LogP contribution in [0.3, 0.4) is 0 Å². The van der Waals surface area contributed by atoms with Crippen molar-refractivity contribution < 1.29 is 29.9 Å². The van der Waals surface area contributed by atoms with Crippen LogP contribution in [0.1, 0.15) is 57.8 Å². The maximum atomic E-state index is 10.1. The lowest BCUT2D eigenvalue weighted by molar-refractivity contribution is 0.0186. The summed E-state index contributed by atoms with van der Waals surface area (Å²) in [5.41, 5.74) is 5.53. The molecule has 4 unspecified atom stereocenters. The Morgan fingerprint density at radius 2 is 0.773 bits per heavy atom. The van der Waals surface area contributed by atoms with Gasteiger partial charge in [-0.15, -0.1) is 0 Å². The van der Waals surface area contributed by atoms with Crippen molar-refractivity contribution in [2.45, 2.75) is 62.7 Å². The van der Waals surface area contributed by atoms with Crippen molar-refractivity contribution in [3.05, 3.63) is 33.4 Å². The molecule has 4 N–H and O–H groups in total. The van der Waals surface area contributed by atoms with E-state index in [1.807, 2.05) is 13.8 Å². The highest BCUT2D eigenvalue weighted by Crippen LogP contribution is 2.60. The summed E-state index contributed by atoms with van der Waals surface area (Å²) in [4.78, 5) is 0. The molecule has 8 atom stereocenters. The van der Waals surface area contributed by atoms with Gasteiger partial charge in [0.05, 0.1) is 0 Å². The van der Waals surface area contributed by atoms with Gasteiger partial charge >= 0.3 is 0 Å². The van der Waals surface area contributed by atoms with Gasteiger partial charge in [0.1, 0.15) is 48.8 Å². The van der Waals surface area contributed by atoms with Crippen LogP contribution < -0.4 is 0 Å². The van der Waals surface area contributed by atoms with Gasteiger partial charge in [-0.05, 0) is 47.2 Å². The van der Waals surface area contributed by atoms with Gasteiger partial charge in [0, 0.05) is 0 Å². The Hall–Kier alpha value is -1.02. The highest BCUT2D eigenvalue weighted by atomic mass is 16.6. The van der Waals surface area contributed by atoms with Gasteiger partial charge in [-0.3, -0.25) is 0 Å². The zero-order valence-corrected chi connectivity index (χ0v) is 12.2. The van der Waals surface area contributed by atoms with Crippen molar-refractivity contribution in [3.63, 3.8) is 0 Å². The Morgan fingerprint density at radius 3 is 1.00 bits per heavy atom. The van der Waals surface area contributed by atoms with Gasteiger partial charge in [-0.2, -0.15) is 0 Å². The molecule has 0 radical (unpaired) electrons. The first kappa shape index (κ1) is 13.4. The largest absolute Gasteiger partial charge is 0.387 e. The first-order valence-electron chi connectivity index (χ1n) is 7.63. The summed E-state index contributed by atoms with van der Waals surface area (Å²) in [6.45, 7) is 3.87. The molecule has 5 rings (SSSR count). The van der Waals surface area contributed by atoms with Crippen molar-refractivity contribution in [1.82, 2.24) is 0 Å². The molecule has 0 spiro atoms. The molecule has 6 heteroatoms. The van der Waals surface area contributed by atoms with Gasteiger partial charge in [0.25, 0.3) is 0 Å². The fraction of sp³-hybridized carbons (Fsp3) is 0.625. The van der Waals surface area contributed by atoms with E-state index < -0.39 is 48.8 Å². The monoisotopic (exact) mass is 306 g/mol. The van der Waals surface area contributed by atoms with Crippen molar-refractivity contribution in [2.24, 2.45) is 0 Å². The summed E-state index contributed by atoms with van der Waals surface area (Å²) < 4.78 is 11.6. The molecule has 6 nitrogen and oxygen atoms in total. The molecule has 0 aromatic heterocycles. The van der Waals surface area contributed by atoms with E-state index in [1.54, 1.807) is 0 Å². The molecular weight excluding hydrogens is 288 g/mol. The summed E-state index contributed by atoms with van der Waals surface area (Å²) in [6.07, 6.45) is -5.82. The van der Waals surface area contributed by atoms with Crippen LogP contribution in [-0.2, 0) is 9.47 Å². The van der Waals surface area contributed by atoms with E-state index in [0.717, 1.165) is 33.4 Å². The summed E-state index contributed by atoms with van der Waals surface area (Å²) >= 11 is 0. The molecule has 0 saturated carbocycles. The number of fused-ring (bicyclic) bond motifs is 10. The molecular formula is C16H18O6. The van der Waals surface area contributed by atoms with Crippen molar-refractivity contribution in [2.75, 3.05) is 0 Å². The van der Waals surface area contributed by atoms with Crippen LogP contribution in [0.25, 0.3) is 0 Å². The maximum absolute atomic E-state index is 10.1. The van der Waals surface area contributed by atoms with Gasteiger partial charge in [-0.25, -0.2) is 0 Å². The predicted octanol–water partition coefficient (Wildman–Crippen LogP) is -0.000960. The average molecular weight is 306 g/mol. The standard InChI is InChI=1S/C16H18O6/c1-3-5-7(15-11(19)9(17)13(5)21-15)4(2)8-6(3)14-10(18)12(20)16(8)22-14/h9-20H,1-2H3/t9-,10?,11+,12?,13+,14?,15-,16?. The first-order chi connectivity index (χ1) is 10.4. The number of benzene rings is 1. The normalized spacial score (nSPS) is 47.2. The lowest BCUT2D eigenvalue weighted by atomic mass is 9.74. The lowest BCUT2D eigenvalue weighted by Crippen LogP contribution is -2.35. The first-order valence-corrected chi connectivity index (χ1v) is 7.63. The highest BCUT2D eigenvalue weighted by molar-refractivity contribution is 5.60. The Balaban J connectivity index is 1.80.